The van der Waals surface area contributed by atoms with Crippen molar-refractivity contribution < 1.29 is 14.6 Å². The smallest absolute Gasteiger partial charge is 0.221 e. The zero-order valence-corrected chi connectivity index (χ0v) is 16.8. The van der Waals surface area contributed by atoms with E-state index >= 15 is 0 Å². The minimum atomic E-state index is -0.108. The van der Waals surface area contributed by atoms with Gasteiger partial charge < -0.3 is 25.8 Å². The first-order valence-corrected chi connectivity index (χ1v) is 9.72. The number of benzene rings is 1. The molecule has 0 fully saturated rings. The lowest BCUT2D eigenvalue weighted by atomic mass is 10.0. The first-order chi connectivity index (χ1) is 13.1. The number of guanidine groups is 1. The highest BCUT2D eigenvalue weighted by Crippen LogP contribution is 2.17. The van der Waals surface area contributed by atoms with Crippen LogP contribution in [0.4, 0.5) is 5.69 Å². The van der Waals surface area contributed by atoms with Crippen LogP contribution in [-0.4, -0.2) is 49.8 Å². The standard InChI is InChI=1S/C20H34N4O3/c1-4-7-17(10-12-25)15-23-20(21-5-2)22-11-13-27-19-9-6-8-18(14-19)24-16(3)26/h6,8-9,14,17,25H,4-5,7,10-13,15H2,1-3H3,(H,24,26)(H2,21,22,23). The average molecular weight is 379 g/mol. The molecule has 1 aromatic carbocycles. The molecule has 1 rings (SSSR count). The number of aliphatic imine (C=N–C) groups is 1. The van der Waals surface area contributed by atoms with Crippen LogP contribution in [0, 0.1) is 5.92 Å². The van der Waals surface area contributed by atoms with Crippen molar-refractivity contribution in [2.45, 2.75) is 40.0 Å². The van der Waals surface area contributed by atoms with Gasteiger partial charge in [-0.2, -0.15) is 0 Å². The molecule has 0 saturated carbocycles. The summed E-state index contributed by atoms with van der Waals surface area (Å²) in [6.07, 6.45) is 2.94. The number of ether oxygens (including phenoxy) is 1. The average Bonchev–Trinajstić information content (AvgIpc) is 2.63. The minimum absolute atomic E-state index is 0.108. The van der Waals surface area contributed by atoms with Crippen molar-refractivity contribution >= 4 is 17.6 Å². The second kappa shape index (κ2) is 13.9. The van der Waals surface area contributed by atoms with Gasteiger partial charge in [0.05, 0.1) is 6.54 Å². The summed E-state index contributed by atoms with van der Waals surface area (Å²) in [6, 6.07) is 7.32. The van der Waals surface area contributed by atoms with Gasteiger partial charge in [0.1, 0.15) is 12.4 Å². The number of nitrogens with zero attached hydrogens (tertiary/aromatic N) is 1. The molecule has 1 unspecified atom stereocenters. The third-order valence-electron chi connectivity index (χ3n) is 3.90. The Hall–Kier alpha value is -2.28. The van der Waals surface area contributed by atoms with Crippen molar-refractivity contribution in [2.75, 3.05) is 38.2 Å². The molecular weight excluding hydrogens is 344 g/mol. The third kappa shape index (κ3) is 10.5. The van der Waals surface area contributed by atoms with Gasteiger partial charge in [0.15, 0.2) is 5.96 Å². The van der Waals surface area contributed by atoms with Crippen LogP contribution in [0.15, 0.2) is 29.3 Å². The van der Waals surface area contributed by atoms with E-state index in [9.17, 15) is 4.79 Å². The number of rotatable bonds is 12. The van der Waals surface area contributed by atoms with Crippen LogP contribution in [-0.2, 0) is 4.79 Å². The van der Waals surface area contributed by atoms with E-state index in [1.54, 1.807) is 6.07 Å². The normalized spacial score (nSPS) is 12.4. The van der Waals surface area contributed by atoms with Gasteiger partial charge in [-0.15, -0.1) is 0 Å². The highest BCUT2D eigenvalue weighted by molar-refractivity contribution is 5.88. The van der Waals surface area contributed by atoms with Gasteiger partial charge in [-0.3, -0.25) is 9.79 Å². The highest BCUT2D eigenvalue weighted by atomic mass is 16.5. The SMILES string of the molecule is CCCC(CCO)CN=C(NCC)NCCOc1cccc(NC(C)=O)c1. The van der Waals surface area contributed by atoms with Gasteiger partial charge in [0.2, 0.25) is 5.91 Å². The molecule has 1 atom stereocenters. The summed E-state index contributed by atoms with van der Waals surface area (Å²) in [4.78, 5) is 15.7. The van der Waals surface area contributed by atoms with Gasteiger partial charge in [0, 0.05) is 38.4 Å². The predicted octanol–water partition coefficient (Wildman–Crippen LogP) is 2.38. The van der Waals surface area contributed by atoms with Crippen LogP contribution in [0.5, 0.6) is 5.75 Å². The number of hydrogen-bond donors (Lipinski definition) is 4. The van der Waals surface area contributed by atoms with E-state index in [0.717, 1.165) is 31.8 Å². The molecule has 1 amide bonds. The largest absolute Gasteiger partial charge is 0.492 e. The summed E-state index contributed by atoms with van der Waals surface area (Å²) in [6.45, 7) is 8.42. The summed E-state index contributed by atoms with van der Waals surface area (Å²) in [5.74, 6) is 1.76. The molecule has 1 aromatic rings. The zero-order chi connectivity index (χ0) is 19.9. The van der Waals surface area contributed by atoms with Crippen LogP contribution in [0.3, 0.4) is 0 Å². The molecule has 0 saturated heterocycles. The van der Waals surface area contributed by atoms with Crippen molar-refractivity contribution in [2.24, 2.45) is 10.9 Å². The molecule has 0 spiro atoms. The van der Waals surface area contributed by atoms with Crippen LogP contribution in [0.2, 0.25) is 0 Å². The number of nitrogens with one attached hydrogen (secondary N) is 3. The van der Waals surface area contributed by atoms with E-state index < -0.39 is 0 Å². The third-order valence-corrected chi connectivity index (χ3v) is 3.90. The fraction of sp³-hybridized carbons (Fsp3) is 0.600. The van der Waals surface area contributed by atoms with Gasteiger partial charge in [-0.05, 0) is 37.8 Å². The maximum atomic E-state index is 11.1. The van der Waals surface area contributed by atoms with Crippen molar-refractivity contribution in [3.63, 3.8) is 0 Å². The summed E-state index contributed by atoms with van der Waals surface area (Å²) in [5, 5.41) is 18.4. The molecule has 0 aliphatic heterocycles. The molecule has 0 aromatic heterocycles. The molecule has 7 nitrogen and oxygen atoms in total. The van der Waals surface area contributed by atoms with Gasteiger partial charge in [-0.25, -0.2) is 0 Å². The number of carbonyl (C=O) groups excluding carboxylic acids is 1. The summed E-state index contributed by atoms with van der Waals surface area (Å²) >= 11 is 0. The Bertz CT molecular complexity index is 572. The number of amides is 1. The molecule has 0 radical (unpaired) electrons. The molecule has 4 N–H and O–H groups in total. The maximum Gasteiger partial charge on any atom is 0.221 e. The van der Waals surface area contributed by atoms with Crippen molar-refractivity contribution in [1.82, 2.24) is 10.6 Å². The summed E-state index contributed by atoms with van der Waals surface area (Å²) in [7, 11) is 0. The Morgan fingerprint density at radius 1 is 1.26 bits per heavy atom. The second-order valence-corrected chi connectivity index (χ2v) is 6.37. The summed E-state index contributed by atoms with van der Waals surface area (Å²) in [5.41, 5.74) is 0.716. The van der Waals surface area contributed by atoms with Gasteiger partial charge in [-0.1, -0.05) is 19.4 Å². The Kier molecular flexibility index (Phi) is 11.7. The van der Waals surface area contributed by atoms with E-state index in [1.165, 1.54) is 6.92 Å². The van der Waals surface area contributed by atoms with E-state index in [1.807, 2.05) is 25.1 Å². The van der Waals surface area contributed by atoms with E-state index in [-0.39, 0.29) is 12.5 Å². The monoisotopic (exact) mass is 378 g/mol. The van der Waals surface area contributed by atoms with E-state index in [4.69, 9.17) is 9.84 Å². The molecule has 0 bridgehead atoms. The lowest BCUT2D eigenvalue weighted by Crippen LogP contribution is -2.39. The summed E-state index contributed by atoms with van der Waals surface area (Å²) < 4.78 is 5.73. The van der Waals surface area contributed by atoms with Crippen molar-refractivity contribution in [3.8, 4) is 5.75 Å². The van der Waals surface area contributed by atoms with E-state index in [0.29, 0.717) is 37.1 Å². The molecule has 0 aliphatic rings. The van der Waals surface area contributed by atoms with Crippen LogP contribution < -0.4 is 20.7 Å². The second-order valence-electron chi connectivity index (χ2n) is 6.37. The molecule has 0 heterocycles. The fourth-order valence-electron chi connectivity index (χ4n) is 2.69. The molecule has 0 aliphatic carbocycles. The Labute approximate surface area is 162 Å². The number of hydrogen-bond acceptors (Lipinski definition) is 4. The van der Waals surface area contributed by atoms with Gasteiger partial charge >= 0.3 is 0 Å². The maximum absolute atomic E-state index is 11.1. The number of anilines is 1. The number of aliphatic hydroxyl groups is 1. The molecule has 152 valence electrons. The van der Waals surface area contributed by atoms with Crippen LogP contribution in [0.25, 0.3) is 0 Å². The lowest BCUT2D eigenvalue weighted by Gasteiger charge is -2.15. The molecule has 27 heavy (non-hydrogen) atoms. The van der Waals surface area contributed by atoms with Gasteiger partial charge in [0.25, 0.3) is 0 Å². The molecular formula is C20H34N4O3. The Balaban J connectivity index is 2.45. The Morgan fingerprint density at radius 3 is 2.74 bits per heavy atom. The number of aliphatic hydroxyl groups excluding tert-OH is 1. The lowest BCUT2D eigenvalue weighted by molar-refractivity contribution is -0.114. The van der Waals surface area contributed by atoms with Crippen molar-refractivity contribution in [3.05, 3.63) is 24.3 Å². The number of carbonyl (C=O) groups is 1. The fourth-order valence-corrected chi connectivity index (χ4v) is 2.69. The quantitative estimate of drug-likeness (QED) is 0.254. The van der Waals surface area contributed by atoms with E-state index in [2.05, 4.69) is 27.9 Å². The van der Waals surface area contributed by atoms with Crippen LogP contribution in [0.1, 0.15) is 40.0 Å². The topological polar surface area (TPSA) is 95.0 Å². The first kappa shape index (κ1) is 22.8. The zero-order valence-electron chi connectivity index (χ0n) is 16.8. The minimum Gasteiger partial charge on any atom is -0.492 e. The van der Waals surface area contributed by atoms with Crippen LogP contribution >= 0.6 is 0 Å². The van der Waals surface area contributed by atoms with Crippen molar-refractivity contribution in [1.29, 1.82) is 0 Å². The first-order valence-electron chi connectivity index (χ1n) is 9.72. The molecule has 7 heteroatoms. The highest BCUT2D eigenvalue weighted by Gasteiger charge is 2.07. The Morgan fingerprint density at radius 2 is 2.07 bits per heavy atom. The predicted molar refractivity (Wildman–Crippen MR) is 110 cm³/mol.